The molecule has 6 heteroatoms. The second-order valence-electron chi connectivity index (χ2n) is 11.1. The average Bonchev–Trinajstić information content (AvgIpc) is 3.63. The first-order chi connectivity index (χ1) is 22.6. The van der Waals surface area contributed by atoms with Gasteiger partial charge in [-0.15, -0.1) is 0 Å². The van der Waals surface area contributed by atoms with Crippen LogP contribution in [0.4, 0.5) is 0 Å². The molecule has 0 saturated heterocycles. The van der Waals surface area contributed by atoms with Gasteiger partial charge in [-0.3, -0.25) is 0 Å². The van der Waals surface area contributed by atoms with Gasteiger partial charge in [-0.25, -0.2) is 0 Å². The third-order valence-electron chi connectivity index (χ3n) is 8.63. The van der Waals surface area contributed by atoms with Crippen LogP contribution in [0.3, 0.4) is 0 Å². The Balaban J connectivity index is 1.51. The molecule has 0 atom stereocenters. The third-order valence-corrected chi connectivity index (χ3v) is 8.63. The molecule has 2 aromatic heterocycles. The Morgan fingerprint density at radius 2 is 0.783 bits per heavy atom. The predicted octanol–water partition coefficient (Wildman–Crippen LogP) is 9.03. The van der Waals surface area contributed by atoms with E-state index in [1.54, 1.807) is 12.1 Å². The number of rotatable bonds is 3. The topological polar surface area (TPSA) is 105 Å². The standard InChI is InChI=1S/C40H20N6/c41-21-25-10-14-37-32(17-25)29-5-1-3-7-35(29)45(37)38-15-11-27(23-43)19-34(38)31-13-9-28(24-44)20-40(31)46-36-8-4-2-6-30(36)33-18-26(22-42)12-16-39(33)46/h1-20H. The summed E-state index contributed by atoms with van der Waals surface area (Å²) in [6.07, 6.45) is 0. The molecule has 2 heterocycles. The number of nitrogens with zero attached hydrogens (tertiary/aromatic N) is 6. The van der Waals surface area contributed by atoms with E-state index in [9.17, 15) is 21.0 Å². The van der Waals surface area contributed by atoms with Gasteiger partial charge in [0.2, 0.25) is 0 Å². The van der Waals surface area contributed by atoms with Crippen LogP contribution in [0.15, 0.2) is 121 Å². The zero-order valence-electron chi connectivity index (χ0n) is 24.2. The number of nitriles is 4. The minimum absolute atomic E-state index is 0.497. The largest absolute Gasteiger partial charge is 0.309 e. The van der Waals surface area contributed by atoms with Crippen LogP contribution in [0.2, 0.25) is 0 Å². The van der Waals surface area contributed by atoms with Crippen LogP contribution in [0.5, 0.6) is 0 Å². The molecule has 0 amide bonds. The van der Waals surface area contributed by atoms with Crippen molar-refractivity contribution in [1.82, 2.24) is 9.13 Å². The third kappa shape index (κ3) is 3.86. The van der Waals surface area contributed by atoms with Crippen LogP contribution in [-0.2, 0) is 0 Å². The average molecular weight is 585 g/mol. The van der Waals surface area contributed by atoms with Gasteiger partial charge in [-0.05, 0) is 78.9 Å². The van der Waals surface area contributed by atoms with Crippen LogP contribution in [0, 0.1) is 45.3 Å². The Morgan fingerprint density at radius 3 is 1.35 bits per heavy atom. The van der Waals surface area contributed by atoms with Crippen LogP contribution >= 0.6 is 0 Å². The minimum atomic E-state index is 0.497. The van der Waals surface area contributed by atoms with Gasteiger partial charge in [0.1, 0.15) is 0 Å². The Kier molecular flexibility index (Phi) is 5.91. The highest BCUT2D eigenvalue weighted by molar-refractivity contribution is 6.12. The van der Waals surface area contributed by atoms with Gasteiger partial charge in [0, 0.05) is 32.7 Å². The molecule has 8 rings (SSSR count). The highest BCUT2D eigenvalue weighted by Gasteiger charge is 2.21. The van der Waals surface area contributed by atoms with Gasteiger partial charge >= 0.3 is 0 Å². The van der Waals surface area contributed by atoms with E-state index in [1.807, 2.05) is 97.1 Å². The molecule has 0 N–H and O–H groups in total. The number of hydrogen-bond acceptors (Lipinski definition) is 4. The highest BCUT2D eigenvalue weighted by atomic mass is 15.0. The molecule has 0 unspecified atom stereocenters. The van der Waals surface area contributed by atoms with Crippen molar-refractivity contribution >= 4 is 43.6 Å². The molecule has 0 aliphatic rings. The van der Waals surface area contributed by atoms with Gasteiger partial charge in [0.15, 0.2) is 0 Å². The van der Waals surface area contributed by atoms with E-state index in [0.717, 1.165) is 66.1 Å². The van der Waals surface area contributed by atoms with Crippen molar-refractivity contribution < 1.29 is 0 Å². The highest BCUT2D eigenvalue weighted by Crippen LogP contribution is 2.41. The van der Waals surface area contributed by atoms with Crippen molar-refractivity contribution in [1.29, 1.82) is 21.0 Å². The molecule has 0 fully saturated rings. The first kappa shape index (κ1) is 26.5. The van der Waals surface area contributed by atoms with Crippen molar-refractivity contribution in [3.05, 3.63) is 144 Å². The molecule has 0 radical (unpaired) electrons. The Morgan fingerprint density at radius 1 is 0.348 bits per heavy atom. The fourth-order valence-electron chi connectivity index (χ4n) is 6.63. The van der Waals surface area contributed by atoms with Gasteiger partial charge in [-0.2, -0.15) is 21.0 Å². The number of para-hydroxylation sites is 2. The summed E-state index contributed by atoms with van der Waals surface area (Å²) in [5.41, 5.74) is 9.15. The zero-order valence-corrected chi connectivity index (χ0v) is 24.2. The smallest absolute Gasteiger partial charge is 0.0992 e. The van der Waals surface area contributed by atoms with Gasteiger partial charge < -0.3 is 9.13 Å². The predicted molar refractivity (Wildman–Crippen MR) is 179 cm³/mol. The van der Waals surface area contributed by atoms with E-state index < -0.39 is 0 Å². The van der Waals surface area contributed by atoms with Gasteiger partial charge in [-0.1, -0.05) is 42.5 Å². The number of aromatic nitrogens is 2. The lowest BCUT2D eigenvalue weighted by molar-refractivity contribution is 1.16. The summed E-state index contributed by atoms with van der Waals surface area (Å²) in [6.45, 7) is 0. The summed E-state index contributed by atoms with van der Waals surface area (Å²) < 4.78 is 4.31. The molecule has 8 aromatic rings. The number of fused-ring (bicyclic) bond motifs is 6. The monoisotopic (exact) mass is 584 g/mol. The first-order valence-corrected chi connectivity index (χ1v) is 14.6. The second kappa shape index (κ2) is 10.3. The molecule has 0 bridgehead atoms. The summed E-state index contributed by atoms with van der Waals surface area (Å²) in [4.78, 5) is 0. The van der Waals surface area contributed by atoms with Crippen molar-refractivity contribution in [2.75, 3.05) is 0 Å². The fourth-order valence-corrected chi connectivity index (χ4v) is 6.63. The van der Waals surface area contributed by atoms with Crippen LogP contribution < -0.4 is 0 Å². The number of hydrogen-bond donors (Lipinski definition) is 0. The normalized spacial score (nSPS) is 11.0. The van der Waals surface area contributed by atoms with Crippen LogP contribution in [0.1, 0.15) is 22.3 Å². The maximum atomic E-state index is 10.0. The van der Waals surface area contributed by atoms with Gasteiger partial charge in [0.05, 0.1) is 80.0 Å². The second-order valence-corrected chi connectivity index (χ2v) is 11.1. The summed E-state index contributed by atoms with van der Waals surface area (Å²) in [6, 6.07) is 47.9. The zero-order chi connectivity index (χ0) is 31.4. The van der Waals surface area contributed by atoms with Crippen molar-refractivity contribution in [2.24, 2.45) is 0 Å². The Hall–Kier alpha value is -7.12. The molecule has 46 heavy (non-hydrogen) atoms. The van der Waals surface area contributed by atoms with Crippen LogP contribution in [0.25, 0.3) is 66.1 Å². The van der Waals surface area contributed by atoms with E-state index in [-0.39, 0.29) is 0 Å². The van der Waals surface area contributed by atoms with E-state index >= 15 is 0 Å². The minimum Gasteiger partial charge on any atom is -0.309 e. The quantitative estimate of drug-likeness (QED) is 0.207. The van der Waals surface area contributed by atoms with Crippen molar-refractivity contribution in [3.63, 3.8) is 0 Å². The molecule has 6 nitrogen and oxygen atoms in total. The lowest BCUT2D eigenvalue weighted by Crippen LogP contribution is -2.02. The molecule has 0 aliphatic heterocycles. The summed E-state index contributed by atoms with van der Waals surface area (Å²) in [5, 5.41) is 43.3. The fraction of sp³-hybridized carbons (Fsp3) is 0. The van der Waals surface area contributed by atoms with Crippen molar-refractivity contribution in [2.45, 2.75) is 0 Å². The number of benzene rings is 6. The molecular formula is C40H20N6. The maximum absolute atomic E-state index is 10.0. The molecule has 0 spiro atoms. The summed E-state index contributed by atoms with van der Waals surface area (Å²) in [5.74, 6) is 0. The molecule has 6 aromatic carbocycles. The van der Waals surface area contributed by atoms with E-state index in [1.165, 1.54) is 0 Å². The Bertz CT molecular complexity index is 2750. The first-order valence-electron chi connectivity index (χ1n) is 14.6. The molecule has 0 saturated carbocycles. The molecule has 0 aliphatic carbocycles. The SMILES string of the molecule is N#Cc1ccc(-n2c3ccccc3c3cc(C#N)ccc32)c(-c2ccc(C#N)cc2-n2c3ccccc3c3cc(C#N)ccc32)c1. The Labute approximate surface area is 263 Å². The van der Waals surface area contributed by atoms with E-state index in [0.29, 0.717) is 22.3 Å². The lowest BCUT2D eigenvalue weighted by atomic mass is 9.97. The molecular weight excluding hydrogens is 564 g/mol. The van der Waals surface area contributed by atoms with Crippen molar-refractivity contribution in [3.8, 4) is 46.8 Å². The maximum Gasteiger partial charge on any atom is 0.0992 e. The molecule has 210 valence electrons. The summed E-state index contributed by atoms with van der Waals surface area (Å²) in [7, 11) is 0. The van der Waals surface area contributed by atoms with Gasteiger partial charge in [0.25, 0.3) is 0 Å². The lowest BCUT2D eigenvalue weighted by Gasteiger charge is -2.19. The van der Waals surface area contributed by atoms with Crippen LogP contribution in [-0.4, -0.2) is 9.13 Å². The summed E-state index contributed by atoms with van der Waals surface area (Å²) >= 11 is 0. The van der Waals surface area contributed by atoms with E-state index in [4.69, 9.17) is 0 Å². The van der Waals surface area contributed by atoms with E-state index in [2.05, 4.69) is 45.5 Å².